The minimum absolute atomic E-state index is 0.122. The van der Waals surface area contributed by atoms with Crippen LogP contribution in [0.4, 0.5) is 0 Å². The highest BCUT2D eigenvalue weighted by Gasteiger charge is 2.36. The standard InChI is InChI=1S/C14H19Cl3N2O/c1-3-7-12(20)18-13(14(15,16)17)19(2)10-11-8-5-4-6-9-11/h4-6,8-9,13H,3,7,10H2,1-2H3,(H,18,20)/t13-/m1/s1. The van der Waals surface area contributed by atoms with Crippen LogP contribution in [0.1, 0.15) is 25.3 Å². The summed E-state index contributed by atoms with van der Waals surface area (Å²) in [5.74, 6) is -0.122. The highest BCUT2D eigenvalue weighted by Crippen LogP contribution is 2.32. The largest absolute Gasteiger partial charge is 0.337 e. The third-order valence-corrected chi connectivity index (χ3v) is 3.42. The first kappa shape index (κ1) is 17.6. The summed E-state index contributed by atoms with van der Waals surface area (Å²) >= 11 is 17.9. The van der Waals surface area contributed by atoms with Crippen LogP contribution in [-0.4, -0.2) is 27.8 Å². The molecule has 0 heterocycles. The van der Waals surface area contributed by atoms with E-state index in [1.807, 2.05) is 49.2 Å². The fourth-order valence-electron chi connectivity index (χ4n) is 1.86. The zero-order valence-electron chi connectivity index (χ0n) is 11.6. The van der Waals surface area contributed by atoms with E-state index in [-0.39, 0.29) is 5.91 Å². The van der Waals surface area contributed by atoms with Gasteiger partial charge in [0.2, 0.25) is 9.70 Å². The van der Waals surface area contributed by atoms with Gasteiger partial charge in [0, 0.05) is 13.0 Å². The molecule has 1 atom stereocenters. The van der Waals surface area contributed by atoms with E-state index in [1.165, 1.54) is 0 Å². The normalized spacial score (nSPS) is 13.3. The highest BCUT2D eigenvalue weighted by molar-refractivity contribution is 6.68. The zero-order valence-corrected chi connectivity index (χ0v) is 13.8. The topological polar surface area (TPSA) is 32.3 Å². The third-order valence-electron chi connectivity index (χ3n) is 2.80. The maximum Gasteiger partial charge on any atom is 0.223 e. The van der Waals surface area contributed by atoms with Crippen LogP contribution in [0.2, 0.25) is 0 Å². The summed E-state index contributed by atoms with van der Waals surface area (Å²) in [5, 5.41) is 2.77. The summed E-state index contributed by atoms with van der Waals surface area (Å²) in [4.78, 5) is 13.6. The van der Waals surface area contributed by atoms with Crippen LogP contribution in [0.15, 0.2) is 30.3 Å². The van der Waals surface area contributed by atoms with Crippen molar-refractivity contribution in [2.24, 2.45) is 0 Å². The van der Waals surface area contributed by atoms with E-state index in [2.05, 4.69) is 5.32 Å². The fourth-order valence-corrected chi connectivity index (χ4v) is 2.52. The Morgan fingerprint density at radius 3 is 2.40 bits per heavy atom. The maximum atomic E-state index is 11.7. The van der Waals surface area contributed by atoms with Gasteiger partial charge < -0.3 is 5.32 Å². The van der Waals surface area contributed by atoms with Gasteiger partial charge in [0.1, 0.15) is 6.17 Å². The van der Waals surface area contributed by atoms with E-state index in [0.717, 1.165) is 12.0 Å². The van der Waals surface area contributed by atoms with Crippen LogP contribution in [-0.2, 0) is 11.3 Å². The summed E-state index contributed by atoms with van der Waals surface area (Å²) in [6.45, 7) is 2.50. The first-order valence-electron chi connectivity index (χ1n) is 6.44. The van der Waals surface area contributed by atoms with Crippen molar-refractivity contribution in [1.82, 2.24) is 10.2 Å². The summed E-state index contributed by atoms with van der Waals surface area (Å²) in [5.41, 5.74) is 1.08. The average molecular weight is 338 g/mol. The monoisotopic (exact) mass is 336 g/mol. The van der Waals surface area contributed by atoms with Crippen molar-refractivity contribution in [2.75, 3.05) is 7.05 Å². The second-order valence-corrected chi connectivity index (χ2v) is 7.03. The molecule has 0 aliphatic carbocycles. The minimum Gasteiger partial charge on any atom is -0.337 e. The van der Waals surface area contributed by atoms with Gasteiger partial charge in [0.25, 0.3) is 0 Å². The molecule has 112 valence electrons. The van der Waals surface area contributed by atoms with Crippen molar-refractivity contribution in [3.05, 3.63) is 35.9 Å². The number of hydrogen-bond acceptors (Lipinski definition) is 2. The number of halogens is 3. The van der Waals surface area contributed by atoms with Gasteiger partial charge in [0.05, 0.1) is 0 Å². The Kier molecular flexibility index (Phi) is 7.10. The highest BCUT2D eigenvalue weighted by atomic mass is 35.6. The maximum absolute atomic E-state index is 11.7. The number of carbonyl (C=O) groups excluding carboxylic acids is 1. The lowest BCUT2D eigenvalue weighted by atomic mass is 10.2. The molecule has 20 heavy (non-hydrogen) atoms. The van der Waals surface area contributed by atoms with Crippen molar-refractivity contribution in [2.45, 2.75) is 36.3 Å². The van der Waals surface area contributed by atoms with E-state index in [1.54, 1.807) is 0 Å². The van der Waals surface area contributed by atoms with E-state index >= 15 is 0 Å². The molecule has 0 aliphatic heterocycles. The van der Waals surface area contributed by atoms with Crippen LogP contribution in [0.5, 0.6) is 0 Å². The molecular weight excluding hydrogens is 319 g/mol. The molecule has 1 amide bonds. The molecule has 6 heteroatoms. The van der Waals surface area contributed by atoms with E-state index in [9.17, 15) is 4.79 Å². The summed E-state index contributed by atoms with van der Waals surface area (Å²) in [7, 11) is 1.81. The van der Waals surface area contributed by atoms with Gasteiger partial charge >= 0.3 is 0 Å². The number of benzene rings is 1. The lowest BCUT2D eigenvalue weighted by molar-refractivity contribution is -0.123. The first-order chi connectivity index (χ1) is 9.34. The molecular formula is C14H19Cl3N2O. The predicted molar refractivity (Wildman–Crippen MR) is 85.0 cm³/mol. The van der Waals surface area contributed by atoms with Crippen LogP contribution in [0.3, 0.4) is 0 Å². The molecule has 0 aromatic heterocycles. The second-order valence-electron chi connectivity index (χ2n) is 4.66. The molecule has 0 radical (unpaired) electrons. The van der Waals surface area contributed by atoms with Crippen LogP contribution in [0.25, 0.3) is 0 Å². The predicted octanol–water partition coefficient (Wildman–Crippen LogP) is 3.73. The Bertz CT molecular complexity index is 420. The molecule has 0 fully saturated rings. The Labute approximate surface area is 135 Å². The second kappa shape index (κ2) is 8.08. The molecule has 0 bridgehead atoms. The molecule has 1 rings (SSSR count). The number of hydrogen-bond donors (Lipinski definition) is 1. The van der Waals surface area contributed by atoms with Gasteiger partial charge in [-0.1, -0.05) is 72.1 Å². The number of carbonyl (C=O) groups is 1. The van der Waals surface area contributed by atoms with Crippen LogP contribution >= 0.6 is 34.8 Å². The molecule has 1 N–H and O–H groups in total. The van der Waals surface area contributed by atoms with Crippen molar-refractivity contribution in [3.63, 3.8) is 0 Å². The average Bonchev–Trinajstić information content (AvgIpc) is 2.36. The van der Waals surface area contributed by atoms with Gasteiger partial charge in [-0.2, -0.15) is 0 Å². The molecule has 0 saturated carbocycles. The summed E-state index contributed by atoms with van der Waals surface area (Å²) < 4.78 is -1.59. The number of amides is 1. The van der Waals surface area contributed by atoms with E-state index in [0.29, 0.717) is 13.0 Å². The first-order valence-corrected chi connectivity index (χ1v) is 7.58. The van der Waals surface area contributed by atoms with Crippen molar-refractivity contribution >= 4 is 40.7 Å². The fraction of sp³-hybridized carbons (Fsp3) is 0.500. The summed E-state index contributed by atoms with van der Waals surface area (Å²) in [6, 6.07) is 9.81. The van der Waals surface area contributed by atoms with Gasteiger partial charge in [-0.05, 0) is 19.0 Å². The lowest BCUT2D eigenvalue weighted by Gasteiger charge is -2.33. The third kappa shape index (κ3) is 5.88. The zero-order chi connectivity index (χ0) is 15.2. The Morgan fingerprint density at radius 2 is 1.90 bits per heavy atom. The number of rotatable bonds is 6. The van der Waals surface area contributed by atoms with Crippen molar-refractivity contribution in [1.29, 1.82) is 0 Å². The Hall–Kier alpha value is -0.480. The van der Waals surface area contributed by atoms with Gasteiger partial charge in [-0.3, -0.25) is 9.69 Å². The van der Waals surface area contributed by atoms with Crippen LogP contribution in [0, 0.1) is 0 Å². The minimum atomic E-state index is -1.59. The quantitative estimate of drug-likeness (QED) is 0.633. The van der Waals surface area contributed by atoms with Gasteiger partial charge in [0.15, 0.2) is 0 Å². The van der Waals surface area contributed by atoms with Crippen LogP contribution < -0.4 is 5.32 Å². The number of nitrogens with one attached hydrogen (secondary N) is 1. The Balaban J connectivity index is 2.75. The lowest BCUT2D eigenvalue weighted by Crippen LogP contribution is -2.53. The van der Waals surface area contributed by atoms with Gasteiger partial charge in [-0.25, -0.2) is 0 Å². The Morgan fingerprint density at radius 1 is 1.30 bits per heavy atom. The number of nitrogens with zero attached hydrogens (tertiary/aromatic N) is 1. The van der Waals surface area contributed by atoms with E-state index < -0.39 is 9.96 Å². The van der Waals surface area contributed by atoms with Crippen molar-refractivity contribution < 1.29 is 4.79 Å². The van der Waals surface area contributed by atoms with Gasteiger partial charge in [-0.15, -0.1) is 0 Å². The molecule has 0 unspecified atom stereocenters. The molecule has 0 spiro atoms. The smallest absolute Gasteiger partial charge is 0.223 e. The molecule has 0 saturated heterocycles. The molecule has 1 aromatic carbocycles. The molecule has 1 aromatic rings. The summed E-state index contributed by atoms with van der Waals surface area (Å²) in [6.07, 6.45) is 0.490. The van der Waals surface area contributed by atoms with Crippen molar-refractivity contribution in [3.8, 4) is 0 Å². The molecule has 0 aliphatic rings. The molecule has 3 nitrogen and oxygen atoms in total. The van der Waals surface area contributed by atoms with E-state index in [4.69, 9.17) is 34.8 Å². The SMILES string of the molecule is CCCC(=O)N[C@H](N(C)Cc1ccccc1)C(Cl)(Cl)Cl. The number of alkyl halides is 3.